The van der Waals surface area contributed by atoms with Gasteiger partial charge in [0.05, 0.1) is 13.2 Å². The second kappa shape index (κ2) is 13.9. The van der Waals surface area contributed by atoms with E-state index < -0.39 is 23.8 Å². The molecule has 2 bridgehead atoms. The number of hydrogen-bond acceptors (Lipinski definition) is 6. The molecule has 0 aromatic rings. The molecule has 34 heavy (non-hydrogen) atoms. The Morgan fingerprint density at radius 1 is 0.647 bits per heavy atom. The van der Waals surface area contributed by atoms with Crippen LogP contribution in [0.1, 0.15) is 51.4 Å². The third-order valence-corrected chi connectivity index (χ3v) is 6.66. The first-order valence-electron chi connectivity index (χ1n) is 11.8. The first-order valence-corrected chi connectivity index (χ1v) is 11.8. The van der Waals surface area contributed by atoms with Crippen LogP contribution in [0.15, 0.2) is 24.3 Å². The van der Waals surface area contributed by atoms with Gasteiger partial charge in [-0.05, 0) is 62.2 Å². The van der Waals surface area contributed by atoms with Crippen molar-refractivity contribution in [2.75, 3.05) is 39.5 Å². The maximum absolute atomic E-state index is 11.4. The molecule has 0 spiro atoms. The quantitative estimate of drug-likeness (QED) is 0.192. The van der Waals surface area contributed by atoms with Crippen molar-refractivity contribution in [2.24, 2.45) is 10.8 Å². The highest BCUT2D eigenvalue weighted by Crippen LogP contribution is 2.57. The van der Waals surface area contributed by atoms with Gasteiger partial charge in [0, 0.05) is 50.6 Å². The van der Waals surface area contributed by atoms with Crippen LogP contribution in [0.3, 0.4) is 0 Å². The van der Waals surface area contributed by atoms with Gasteiger partial charge in [0.1, 0.15) is 0 Å². The topological polar surface area (TPSA) is 151 Å². The molecule has 2 amide bonds. The van der Waals surface area contributed by atoms with Crippen LogP contribution in [0.2, 0.25) is 0 Å². The average Bonchev–Trinajstić information content (AvgIpc) is 2.82. The van der Waals surface area contributed by atoms with Crippen molar-refractivity contribution in [3.05, 3.63) is 24.3 Å². The van der Waals surface area contributed by atoms with Gasteiger partial charge in [-0.2, -0.15) is 0 Å². The fourth-order valence-electron chi connectivity index (χ4n) is 4.53. The minimum atomic E-state index is -1.15. The summed E-state index contributed by atoms with van der Waals surface area (Å²) in [5.74, 6) is -3.14. The van der Waals surface area contributed by atoms with Crippen molar-refractivity contribution in [1.82, 2.24) is 10.6 Å². The molecular weight excluding hydrogens is 444 g/mol. The summed E-state index contributed by atoms with van der Waals surface area (Å²) in [5, 5.41) is 22.2. The minimum absolute atomic E-state index is 0.239. The fourth-order valence-corrected chi connectivity index (χ4v) is 4.53. The molecule has 190 valence electrons. The first-order chi connectivity index (χ1) is 16.2. The molecule has 4 N–H and O–H groups in total. The summed E-state index contributed by atoms with van der Waals surface area (Å²) in [6.07, 6.45) is 11.7. The van der Waals surface area contributed by atoms with Gasteiger partial charge in [-0.15, -0.1) is 0 Å². The molecule has 10 nitrogen and oxygen atoms in total. The van der Waals surface area contributed by atoms with Gasteiger partial charge in [0.25, 0.3) is 0 Å². The zero-order valence-electron chi connectivity index (χ0n) is 19.6. The van der Waals surface area contributed by atoms with Crippen molar-refractivity contribution < 1.29 is 38.9 Å². The Balaban J connectivity index is 1.53. The SMILES string of the molecule is O=C(O)/C=C\C(=O)NCCCOCC12CCC(COCCCNC(=O)/C=C\C(=O)O)(CC1)CC2. The normalized spacial score (nSPS) is 23.9. The first kappa shape index (κ1) is 27.5. The number of ether oxygens (including phenoxy) is 2. The van der Waals surface area contributed by atoms with E-state index in [4.69, 9.17) is 19.7 Å². The molecular formula is C24H36N2O8. The van der Waals surface area contributed by atoms with Gasteiger partial charge in [-0.25, -0.2) is 9.59 Å². The van der Waals surface area contributed by atoms with Crippen LogP contribution in [0, 0.1) is 10.8 Å². The molecule has 10 heteroatoms. The Labute approximate surface area is 199 Å². The Morgan fingerprint density at radius 2 is 1.00 bits per heavy atom. The summed E-state index contributed by atoms with van der Waals surface area (Å²) in [6.45, 7) is 3.46. The maximum atomic E-state index is 11.4. The zero-order valence-corrected chi connectivity index (χ0v) is 19.6. The van der Waals surface area contributed by atoms with Crippen molar-refractivity contribution in [3.8, 4) is 0 Å². The highest BCUT2D eigenvalue weighted by Gasteiger charge is 2.48. The third-order valence-electron chi connectivity index (χ3n) is 6.66. The predicted molar refractivity (Wildman–Crippen MR) is 123 cm³/mol. The van der Waals surface area contributed by atoms with E-state index in [2.05, 4.69) is 10.6 Å². The van der Waals surface area contributed by atoms with Crippen LogP contribution in [0.5, 0.6) is 0 Å². The number of rotatable bonds is 16. The summed E-state index contributed by atoms with van der Waals surface area (Å²) >= 11 is 0. The van der Waals surface area contributed by atoms with Crippen LogP contribution in [0.4, 0.5) is 0 Å². The summed E-state index contributed by atoms with van der Waals surface area (Å²) in [5.41, 5.74) is 0.478. The predicted octanol–water partition coefficient (Wildman–Crippen LogP) is 1.65. The van der Waals surface area contributed by atoms with E-state index in [-0.39, 0.29) is 10.8 Å². The number of aliphatic carboxylic acids is 2. The van der Waals surface area contributed by atoms with Gasteiger partial charge >= 0.3 is 11.9 Å². The monoisotopic (exact) mass is 480 g/mol. The van der Waals surface area contributed by atoms with Gasteiger partial charge in [0.2, 0.25) is 11.8 Å². The number of nitrogens with one attached hydrogen (secondary N) is 2. The largest absolute Gasteiger partial charge is 0.478 e. The fraction of sp³-hybridized carbons (Fsp3) is 0.667. The van der Waals surface area contributed by atoms with Crippen LogP contribution in [0.25, 0.3) is 0 Å². The molecule has 0 atom stereocenters. The molecule has 0 aromatic heterocycles. The van der Waals surface area contributed by atoms with Gasteiger partial charge in [-0.1, -0.05) is 0 Å². The van der Waals surface area contributed by atoms with Crippen LogP contribution in [-0.4, -0.2) is 73.5 Å². The van der Waals surface area contributed by atoms with E-state index in [0.717, 1.165) is 76.0 Å². The summed E-state index contributed by atoms with van der Waals surface area (Å²) in [6, 6.07) is 0. The van der Waals surface area contributed by atoms with E-state index in [9.17, 15) is 19.2 Å². The highest BCUT2D eigenvalue weighted by atomic mass is 16.5. The summed E-state index contributed by atoms with van der Waals surface area (Å²) < 4.78 is 11.8. The zero-order chi connectivity index (χ0) is 24.9. The van der Waals surface area contributed by atoms with Crippen LogP contribution >= 0.6 is 0 Å². The molecule has 0 heterocycles. The van der Waals surface area contributed by atoms with Gasteiger partial charge in [-0.3, -0.25) is 9.59 Å². The summed E-state index contributed by atoms with van der Waals surface area (Å²) in [4.78, 5) is 43.6. The molecule has 3 saturated carbocycles. The second-order valence-electron chi connectivity index (χ2n) is 9.24. The Hall–Kier alpha value is -2.72. The van der Waals surface area contributed by atoms with Crippen molar-refractivity contribution in [2.45, 2.75) is 51.4 Å². The van der Waals surface area contributed by atoms with E-state index in [0.29, 0.717) is 39.1 Å². The lowest BCUT2D eigenvalue weighted by Crippen LogP contribution is -2.46. The molecule has 0 unspecified atom stereocenters. The van der Waals surface area contributed by atoms with E-state index in [1.165, 1.54) is 0 Å². The number of fused-ring (bicyclic) bond motifs is 3. The smallest absolute Gasteiger partial charge is 0.328 e. The number of carbonyl (C=O) groups is 4. The average molecular weight is 481 g/mol. The Morgan fingerprint density at radius 3 is 1.32 bits per heavy atom. The number of carbonyl (C=O) groups excluding carboxylic acids is 2. The number of carboxylic acid groups (broad SMARTS) is 2. The lowest BCUT2D eigenvalue weighted by Gasteiger charge is -2.53. The van der Waals surface area contributed by atoms with E-state index >= 15 is 0 Å². The molecule has 0 aromatic carbocycles. The molecule has 3 aliphatic rings. The van der Waals surface area contributed by atoms with Crippen molar-refractivity contribution in [1.29, 1.82) is 0 Å². The lowest BCUT2D eigenvalue weighted by molar-refractivity contribution is -0.132. The minimum Gasteiger partial charge on any atom is -0.478 e. The Kier molecular flexibility index (Phi) is 11.2. The third kappa shape index (κ3) is 10.0. The molecule has 3 fully saturated rings. The standard InChI is InChI=1S/C24H36N2O8/c27-19(3-5-21(29)30)25-13-1-15-33-17-23-7-10-24(11-8-23,12-9-23)18-34-16-2-14-26-20(28)4-6-22(31)32/h3-6H,1-2,7-18H2,(H,25,27)(H,26,28)(H,29,30)(H,31,32)/b5-3-,6-4-. The van der Waals surface area contributed by atoms with Crippen LogP contribution < -0.4 is 10.6 Å². The van der Waals surface area contributed by atoms with Gasteiger partial charge in [0.15, 0.2) is 0 Å². The number of amides is 2. The van der Waals surface area contributed by atoms with Crippen molar-refractivity contribution in [3.63, 3.8) is 0 Å². The van der Waals surface area contributed by atoms with Crippen molar-refractivity contribution >= 4 is 23.8 Å². The van der Waals surface area contributed by atoms with Gasteiger partial charge < -0.3 is 30.3 Å². The molecule has 0 radical (unpaired) electrons. The summed E-state index contributed by atoms with van der Waals surface area (Å²) in [7, 11) is 0. The van der Waals surface area contributed by atoms with E-state index in [1.54, 1.807) is 0 Å². The highest BCUT2D eigenvalue weighted by molar-refractivity contribution is 5.94. The molecule has 0 aliphatic heterocycles. The maximum Gasteiger partial charge on any atom is 0.328 e. The van der Waals surface area contributed by atoms with E-state index in [1.807, 2.05) is 0 Å². The second-order valence-corrected chi connectivity index (χ2v) is 9.24. The number of hydrogen-bond donors (Lipinski definition) is 4. The molecule has 3 rings (SSSR count). The lowest BCUT2D eigenvalue weighted by atomic mass is 9.54. The molecule has 3 aliphatic carbocycles. The Bertz CT molecular complexity index is 688. The number of carboxylic acids is 2. The molecule has 0 saturated heterocycles. The van der Waals surface area contributed by atoms with Crippen LogP contribution in [-0.2, 0) is 28.7 Å².